The Morgan fingerprint density at radius 2 is 1.76 bits per heavy atom. The fourth-order valence-electron chi connectivity index (χ4n) is 3.36. The van der Waals surface area contributed by atoms with Crippen molar-refractivity contribution in [3.8, 4) is 0 Å². The van der Waals surface area contributed by atoms with Gasteiger partial charge in [0.15, 0.2) is 0 Å². The molecule has 3 nitrogen and oxygen atoms in total. The van der Waals surface area contributed by atoms with E-state index in [0.717, 1.165) is 24.9 Å². The predicted octanol–water partition coefficient (Wildman–Crippen LogP) is 3.98. The Hall–Kier alpha value is -1.51. The quantitative estimate of drug-likeness (QED) is 0.533. The van der Waals surface area contributed by atoms with Gasteiger partial charge in [-0.1, -0.05) is 57.6 Å². The molecule has 1 aromatic carbocycles. The van der Waals surface area contributed by atoms with Crippen LogP contribution in [0.2, 0.25) is 0 Å². The molecule has 4 N–H and O–H groups in total. The van der Waals surface area contributed by atoms with Gasteiger partial charge in [-0.25, -0.2) is 0 Å². The third kappa shape index (κ3) is 3.78. The van der Waals surface area contributed by atoms with E-state index in [9.17, 15) is 4.79 Å². The van der Waals surface area contributed by atoms with Crippen LogP contribution in [-0.2, 0) is 4.79 Å². The van der Waals surface area contributed by atoms with E-state index in [0.29, 0.717) is 5.92 Å². The predicted molar refractivity (Wildman–Crippen MR) is 87.8 cm³/mol. The molecule has 0 aromatic heterocycles. The Morgan fingerprint density at radius 3 is 2.38 bits per heavy atom. The maximum absolute atomic E-state index is 11.9. The molecule has 116 valence electrons. The molecule has 1 aliphatic rings. The Bertz CT molecular complexity index is 469. The van der Waals surface area contributed by atoms with Gasteiger partial charge >= 0.3 is 0 Å². The molecule has 2 unspecified atom stereocenters. The standard InChI is InChI=1S/C18H28N2O/c1-2-3-4-5-6-7-12-18(17(20)21)13-16(18)14-8-10-15(19)11-9-14/h8-11,16H,2-7,12-13,19H2,1H3,(H2,20,21). The van der Waals surface area contributed by atoms with E-state index in [1.54, 1.807) is 0 Å². The molecule has 1 aliphatic carbocycles. The fourth-order valence-corrected chi connectivity index (χ4v) is 3.36. The molecule has 2 rings (SSSR count). The van der Waals surface area contributed by atoms with Crippen molar-refractivity contribution in [3.05, 3.63) is 29.8 Å². The molecule has 0 radical (unpaired) electrons. The molecule has 0 aliphatic heterocycles. The number of rotatable bonds is 9. The minimum absolute atomic E-state index is 0.127. The van der Waals surface area contributed by atoms with E-state index < -0.39 is 0 Å². The van der Waals surface area contributed by atoms with Gasteiger partial charge in [0, 0.05) is 5.69 Å². The van der Waals surface area contributed by atoms with Gasteiger partial charge in [0.1, 0.15) is 0 Å². The highest BCUT2D eigenvalue weighted by Crippen LogP contribution is 2.62. The average Bonchev–Trinajstić information content (AvgIpc) is 3.20. The van der Waals surface area contributed by atoms with E-state index in [1.165, 1.54) is 37.7 Å². The van der Waals surface area contributed by atoms with E-state index in [4.69, 9.17) is 11.5 Å². The van der Waals surface area contributed by atoms with Crippen LogP contribution in [-0.4, -0.2) is 5.91 Å². The molecule has 1 saturated carbocycles. The van der Waals surface area contributed by atoms with Crippen molar-refractivity contribution < 1.29 is 4.79 Å². The van der Waals surface area contributed by atoms with Gasteiger partial charge in [0.25, 0.3) is 0 Å². The lowest BCUT2D eigenvalue weighted by atomic mass is 9.91. The number of unbranched alkanes of at least 4 members (excludes halogenated alkanes) is 5. The number of benzene rings is 1. The number of carbonyl (C=O) groups excluding carboxylic acids is 1. The summed E-state index contributed by atoms with van der Waals surface area (Å²) in [6.45, 7) is 2.23. The van der Waals surface area contributed by atoms with Gasteiger partial charge in [-0.05, 0) is 36.5 Å². The topological polar surface area (TPSA) is 69.1 Å². The van der Waals surface area contributed by atoms with Crippen LogP contribution in [0.25, 0.3) is 0 Å². The molecule has 0 heterocycles. The SMILES string of the molecule is CCCCCCCCC1(C(N)=O)CC1c1ccc(N)cc1. The largest absolute Gasteiger partial charge is 0.399 e. The Morgan fingerprint density at radius 1 is 1.14 bits per heavy atom. The number of carbonyl (C=O) groups is 1. The maximum atomic E-state index is 11.9. The second-order valence-corrected chi connectivity index (χ2v) is 6.46. The average molecular weight is 288 g/mol. The van der Waals surface area contributed by atoms with E-state index in [1.807, 2.05) is 24.3 Å². The first-order chi connectivity index (χ1) is 10.1. The number of primary amides is 1. The summed E-state index contributed by atoms with van der Waals surface area (Å²) < 4.78 is 0. The van der Waals surface area contributed by atoms with Gasteiger partial charge in [-0.3, -0.25) is 4.79 Å². The van der Waals surface area contributed by atoms with Crippen LogP contribution in [0.1, 0.15) is 69.8 Å². The molecule has 1 amide bonds. The second-order valence-electron chi connectivity index (χ2n) is 6.46. The molecule has 3 heteroatoms. The zero-order valence-electron chi connectivity index (χ0n) is 13.1. The number of amides is 1. The summed E-state index contributed by atoms with van der Waals surface area (Å²) in [5.74, 6) is 0.170. The molecule has 0 spiro atoms. The first-order valence-electron chi connectivity index (χ1n) is 8.25. The Labute approximate surface area is 128 Å². The van der Waals surface area contributed by atoms with E-state index in [2.05, 4.69) is 6.92 Å². The number of nitrogen functional groups attached to an aromatic ring is 1. The van der Waals surface area contributed by atoms with Crippen molar-refractivity contribution in [1.82, 2.24) is 0 Å². The number of anilines is 1. The van der Waals surface area contributed by atoms with E-state index >= 15 is 0 Å². The van der Waals surface area contributed by atoms with Crippen LogP contribution in [0.15, 0.2) is 24.3 Å². The van der Waals surface area contributed by atoms with Crippen molar-refractivity contribution in [2.45, 2.75) is 64.2 Å². The minimum Gasteiger partial charge on any atom is -0.399 e. The minimum atomic E-state index is -0.291. The summed E-state index contributed by atoms with van der Waals surface area (Å²) in [6.07, 6.45) is 9.32. The van der Waals surface area contributed by atoms with Crippen LogP contribution in [0.4, 0.5) is 5.69 Å². The van der Waals surface area contributed by atoms with Crippen molar-refractivity contribution in [1.29, 1.82) is 0 Å². The van der Waals surface area contributed by atoms with Crippen LogP contribution >= 0.6 is 0 Å². The fraction of sp³-hybridized carbons (Fsp3) is 0.611. The summed E-state index contributed by atoms with van der Waals surface area (Å²) in [4.78, 5) is 11.9. The number of hydrogen-bond acceptors (Lipinski definition) is 2. The highest BCUT2D eigenvalue weighted by atomic mass is 16.1. The molecule has 2 atom stereocenters. The van der Waals surface area contributed by atoms with Crippen LogP contribution in [0, 0.1) is 5.41 Å². The summed E-state index contributed by atoms with van der Waals surface area (Å²) >= 11 is 0. The van der Waals surface area contributed by atoms with Crippen LogP contribution in [0.3, 0.4) is 0 Å². The van der Waals surface area contributed by atoms with Gasteiger partial charge in [-0.15, -0.1) is 0 Å². The van der Waals surface area contributed by atoms with Crippen molar-refractivity contribution >= 4 is 11.6 Å². The summed E-state index contributed by atoms with van der Waals surface area (Å²) in [7, 11) is 0. The van der Waals surface area contributed by atoms with Crippen molar-refractivity contribution in [2.75, 3.05) is 5.73 Å². The summed E-state index contributed by atoms with van der Waals surface area (Å²) in [5.41, 5.74) is 13.1. The maximum Gasteiger partial charge on any atom is 0.224 e. The van der Waals surface area contributed by atoms with Gasteiger partial charge < -0.3 is 11.5 Å². The molecule has 0 bridgehead atoms. The molecule has 1 fully saturated rings. The smallest absolute Gasteiger partial charge is 0.224 e. The zero-order valence-corrected chi connectivity index (χ0v) is 13.1. The van der Waals surface area contributed by atoms with Crippen molar-refractivity contribution in [3.63, 3.8) is 0 Å². The third-order valence-electron chi connectivity index (χ3n) is 4.88. The normalized spacial score (nSPS) is 24.0. The highest BCUT2D eigenvalue weighted by Gasteiger charge is 2.58. The van der Waals surface area contributed by atoms with Gasteiger partial charge in [-0.2, -0.15) is 0 Å². The summed E-state index contributed by atoms with van der Waals surface area (Å²) in [5, 5.41) is 0. The van der Waals surface area contributed by atoms with Crippen LogP contribution < -0.4 is 11.5 Å². The first-order valence-corrected chi connectivity index (χ1v) is 8.25. The molecule has 21 heavy (non-hydrogen) atoms. The van der Waals surface area contributed by atoms with Crippen molar-refractivity contribution in [2.24, 2.45) is 11.1 Å². The van der Waals surface area contributed by atoms with Gasteiger partial charge in [0.2, 0.25) is 5.91 Å². The monoisotopic (exact) mass is 288 g/mol. The molecule has 1 aromatic rings. The third-order valence-corrected chi connectivity index (χ3v) is 4.88. The molecular formula is C18H28N2O. The lowest BCUT2D eigenvalue weighted by Gasteiger charge is -2.14. The first kappa shape index (κ1) is 15.9. The molecular weight excluding hydrogens is 260 g/mol. The van der Waals surface area contributed by atoms with Gasteiger partial charge in [0.05, 0.1) is 5.41 Å². The van der Waals surface area contributed by atoms with Crippen LogP contribution in [0.5, 0.6) is 0 Å². The number of nitrogens with two attached hydrogens (primary N) is 2. The Balaban J connectivity index is 1.86. The number of hydrogen-bond donors (Lipinski definition) is 2. The molecule has 0 saturated heterocycles. The van der Waals surface area contributed by atoms with E-state index in [-0.39, 0.29) is 11.3 Å². The lowest BCUT2D eigenvalue weighted by molar-refractivity contribution is -0.123. The second kappa shape index (κ2) is 6.97. The lowest BCUT2D eigenvalue weighted by Crippen LogP contribution is -2.26. The summed E-state index contributed by atoms with van der Waals surface area (Å²) in [6, 6.07) is 7.88. The Kier molecular flexibility index (Phi) is 5.27. The highest BCUT2D eigenvalue weighted by molar-refractivity contribution is 5.85. The zero-order chi connectivity index (χ0) is 15.3.